The third kappa shape index (κ3) is 2.82. The Hall–Kier alpha value is -1.74. The summed E-state index contributed by atoms with van der Waals surface area (Å²) >= 11 is 6.19. The lowest BCUT2D eigenvalue weighted by molar-refractivity contribution is 0.807. The molecule has 1 aliphatic heterocycles. The van der Waals surface area contributed by atoms with Crippen LogP contribution in [0.1, 0.15) is 6.42 Å². The lowest BCUT2D eigenvalue weighted by Crippen LogP contribution is -2.26. The van der Waals surface area contributed by atoms with Crippen molar-refractivity contribution in [3.63, 3.8) is 0 Å². The Morgan fingerprint density at radius 3 is 2.84 bits per heavy atom. The summed E-state index contributed by atoms with van der Waals surface area (Å²) in [5, 5.41) is 4.28. The van der Waals surface area contributed by atoms with Gasteiger partial charge in [-0.05, 0) is 24.6 Å². The van der Waals surface area contributed by atoms with Crippen LogP contribution in [0.15, 0.2) is 48.8 Å². The molecule has 0 aliphatic carbocycles. The monoisotopic (exact) mass is 273 g/mol. The summed E-state index contributed by atoms with van der Waals surface area (Å²) in [4.78, 5) is 6.34. The van der Waals surface area contributed by atoms with Crippen molar-refractivity contribution in [2.75, 3.05) is 23.3 Å². The summed E-state index contributed by atoms with van der Waals surface area (Å²) in [7, 11) is 0. The molecular weight excluding hydrogens is 258 g/mol. The zero-order valence-electron chi connectivity index (χ0n) is 10.6. The van der Waals surface area contributed by atoms with E-state index in [4.69, 9.17) is 11.6 Å². The van der Waals surface area contributed by atoms with Crippen molar-refractivity contribution < 1.29 is 0 Å². The molecule has 2 aromatic rings. The van der Waals surface area contributed by atoms with Gasteiger partial charge in [0, 0.05) is 37.2 Å². The van der Waals surface area contributed by atoms with Crippen molar-refractivity contribution in [3.8, 4) is 0 Å². The number of halogens is 1. The Morgan fingerprint density at radius 2 is 2.05 bits per heavy atom. The zero-order valence-corrected chi connectivity index (χ0v) is 11.3. The molecule has 2 heterocycles. The maximum atomic E-state index is 6.19. The van der Waals surface area contributed by atoms with E-state index < -0.39 is 0 Å². The van der Waals surface area contributed by atoms with Crippen LogP contribution < -0.4 is 10.2 Å². The van der Waals surface area contributed by atoms with Crippen molar-refractivity contribution >= 4 is 23.0 Å². The van der Waals surface area contributed by atoms with Crippen molar-refractivity contribution in [2.45, 2.75) is 12.5 Å². The first-order valence-electron chi connectivity index (χ1n) is 6.49. The van der Waals surface area contributed by atoms with Gasteiger partial charge < -0.3 is 10.2 Å². The van der Waals surface area contributed by atoms with Crippen LogP contribution in [0.3, 0.4) is 0 Å². The zero-order chi connectivity index (χ0) is 13.1. The van der Waals surface area contributed by atoms with Crippen LogP contribution in [0.2, 0.25) is 5.02 Å². The average molecular weight is 274 g/mol. The standard InChI is InChI=1S/C15H16ClN3/c16-14-10-17-8-6-15(14)19-9-7-13(11-19)18-12-4-2-1-3-5-12/h1-6,8,10,13,18H,7,9,11H2. The molecule has 19 heavy (non-hydrogen) atoms. The van der Waals surface area contributed by atoms with Crippen LogP contribution in [0.4, 0.5) is 11.4 Å². The van der Waals surface area contributed by atoms with Gasteiger partial charge in [-0.25, -0.2) is 0 Å². The van der Waals surface area contributed by atoms with E-state index in [1.807, 2.05) is 12.1 Å². The van der Waals surface area contributed by atoms with Gasteiger partial charge in [0.15, 0.2) is 0 Å². The minimum atomic E-state index is 0.464. The van der Waals surface area contributed by atoms with E-state index in [1.54, 1.807) is 12.4 Å². The molecule has 1 saturated heterocycles. The number of nitrogens with one attached hydrogen (secondary N) is 1. The Morgan fingerprint density at radius 1 is 1.21 bits per heavy atom. The number of rotatable bonds is 3. The molecule has 0 radical (unpaired) electrons. The molecule has 1 unspecified atom stereocenters. The number of aromatic nitrogens is 1. The van der Waals surface area contributed by atoms with E-state index in [0.717, 1.165) is 30.2 Å². The number of anilines is 2. The maximum Gasteiger partial charge on any atom is 0.0822 e. The van der Waals surface area contributed by atoms with Crippen LogP contribution in [0.5, 0.6) is 0 Å². The summed E-state index contributed by atoms with van der Waals surface area (Å²) in [6.07, 6.45) is 4.61. The minimum absolute atomic E-state index is 0.464. The second-order valence-electron chi connectivity index (χ2n) is 4.77. The molecule has 0 saturated carbocycles. The molecule has 1 aromatic heterocycles. The third-order valence-electron chi connectivity index (χ3n) is 3.42. The van der Waals surface area contributed by atoms with Gasteiger partial charge in [0.25, 0.3) is 0 Å². The number of nitrogens with zero attached hydrogens (tertiary/aromatic N) is 2. The van der Waals surface area contributed by atoms with Crippen molar-refractivity contribution in [3.05, 3.63) is 53.8 Å². The first kappa shape index (κ1) is 12.3. The Kier molecular flexibility index (Phi) is 3.56. The summed E-state index contributed by atoms with van der Waals surface area (Å²) in [5.41, 5.74) is 2.25. The number of hydrogen-bond donors (Lipinski definition) is 1. The molecule has 1 aromatic carbocycles. The Bertz CT molecular complexity index is 544. The lowest BCUT2D eigenvalue weighted by Gasteiger charge is -2.20. The summed E-state index contributed by atoms with van der Waals surface area (Å²) < 4.78 is 0. The van der Waals surface area contributed by atoms with E-state index in [0.29, 0.717) is 6.04 Å². The molecule has 3 rings (SSSR count). The van der Waals surface area contributed by atoms with Gasteiger partial charge in [-0.15, -0.1) is 0 Å². The van der Waals surface area contributed by atoms with Crippen molar-refractivity contribution in [1.82, 2.24) is 4.98 Å². The van der Waals surface area contributed by atoms with Gasteiger partial charge in [-0.3, -0.25) is 4.98 Å². The highest BCUT2D eigenvalue weighted by Gasteiger charge is 2.23. The highest BCUT2D eigenvalue weighted by molar-refractivity contribution is 6.33. The van der Waals surface area contributed by atoms with Crippen LogP contribution in [0, 0.1) is 0 Å². The average Bonchev–Trinajstić information content (AvgIpc) is 2.89. The smallest absolute Gasteiger partial charge is 0.0822 e. The Labute approximate surface area is 118 Å². The number of para-hydroxylation sites is 1. The van der Waals surface area contributed by atoms with E-state index in [9.17, 15) is 0 Å². The Balaban J connectivity index is 1.66. The fourth-order valence-corrected chi connectivity index (χ4v) is 2.73. The topological polar surface area (TPSA) is 28.2 Å². The van der Waals surface area contributed by atoms with Gasteiger partial charge in [-0.1, -0.05) is 29.8 Å². The molecule has 98 valence electrons. The van der Waals surface area contributed by atoms with E-state index in [-0.39, 0.29) is 0 Å². The number of hydrogen-bond acceptors (Lipinski definition) is 3. The normalized spacial score (nSPS) is 18.6. The SMILES string of the molecule is Clc1cnccc1N1CCC(Nc2ccccc2)C1. The molecule has 1 atom stereocenters. The highest BCUT2D eigenvalue weighted by atomic mass is 35.5. The van der Waals surface area contributed by atoms with Crippen LogP contribution >= 0.6 is 11.6 Å². The molecule has 1 aliphatic rings. The first-order valence-corrected chi connectivity index (χ1v) is 6.87. The quantitative estimate of drug-likeness (QED) is 0.929. The molecule has 0 spiro atoms. The molecule has 0 bridgehead atoms. The number of pyridine rings is 1. The highest BCUT2D eigenvalue weighted by Crippen LogP contribution is 2.28. The molecule has 1 fully saturated rings. The predicted molar refractivity (Wildman–Crippen MR) is 79.9 cm³/mol. The fourth-order valence-electron chi connectivity index (χ4n) is 2.49. The van der Waals surface area contributed by atoms with Crippen LogP contribution in [-0.4, -0.2) is 24.1 Å². The summed E-state index contributed by atoms with van der Waals surface area (Å²) in [5.74, 6) is 0. The molecular formula is C15H16ClN3. The second-order valence-corrected chi connectivity index (χ2v) is 5.18. The molecule has 1 N–H and O–H groups in total. The molecule has 3 nitrogen and oxygen atoms in total. The second kappa shape index (κ2) is 5.49. The van der Waals surface area contributed by atoms with E-state index in [1.165, 1.54) is 5.69 Å². The summed E-state index contributed by atoms with van der Waals surface area (Å²) in [6.45, 7) is 1.99. The third-order valence-corrected chi connectivity index (χ3v) is 3.72. The fraction of sp³-hybridized carbons (Fsp3) is 0.267. The molecule has 0 amide bonds. The van der Waals surface area contributed by atoms with Crippen molar-refractivity contribution in [2.24, 2.45) is 0 Å². The van der Waals surface area contributed by atoms with E-state index in [2.05, 4.69) is 39.5 Å². The van der Waals surface area contributed by atoms with Crippen molar-refractivity contribution in [1.29, 1.82) is 0 Å². The van der Waals surface area contributed by atoms with E-state index >= 15 is 0 Å². The van der Waals surface area contributed by atoms with Gasteiger partial charge in [0.05, 0.1) is 10.7 Å². The molecule has 4 heteroatoms. The van der Waals surface area contributed by atoms with Gasteiger partial charge >= 0.3 is 0 Å². The lowest BCUT2D eigenvalue weighted by atomic mass is 10.2. The van der Waals surface area contributed by atoms with Gasteiger partial charge in [0.1, 0.15) is 0 Å². The minimum Gasteiger partial charge on any atom is -0.380 e. The summed E-state index contributed by atoms with van der Waals surface area (Å²) in [6, 6.07) is 12.8. The maximum absolute atomic E-state index is 6.19. The van der Waals surface area contributed by atoms with Gasteiger partial charge in [-0.2, -0.15) is 0 Å². The van der Waals surface area contributed by atoms with Crippen LogP contribution in [0.25, 0.3) is 0 Å². The van der Waals surface area contributed by atoms with Crippen LogP contribution in [-0.2, 0) is 0 Å². The number of benzene rings is 1. The largest absolute Gasteiger partial charge is 0.380 e. The van der Waals surface area contributed by atoms with Gasteiger partial charge in [0.2, 0.25) is 0 Å². The predicted octanol–water partition coefficient (Wildman–Crippen LogP) is 3.43. The first-order chi connectivity index (χ1) is 9.33.